The van der Waals surface area contributed by atoms with Crippen LogP contribution in [0.2, 0.25) is 0 Å². The summed E-state index contributed by atoms with van der Waals surface area (Å²) in [4.78, 5) is 0. The van der Waals surface area contributed by atoms with E-state index < -0.39 is 0 Å². The van der Waals surface area contributed by atoms with Crippen molar-refractivity contribution in [1.82, 2.24) is 15.0 Å². The van der Waals surface area contributed by atoms with Crippen molar-refractivity contribution in [2.45, 2.75) is 78.4 Å². The standard InChI is InChI=1S/C17H33N3O2/c1-7-9-11-22-17(5,6)13-15-14-20(19-18-15)16(3,4)10-12-21-8-2/h14H,7-13H2,1-6H3. The van der Waals surface area contributed by atoms with E-state index in [2.05, 4.69) is 44.9 Å². The highest BCUT2D eigenvalue weighted by molar-refractivity contribution is 4.99. The molecule has 0 aliphatic heterocycles. The Balaban J connectivity index is 2.59. The van der Waals surface area contributed by atoms with Crippen LogP contribution in [0.1, 0.15) is 66.5 Å². The Morgan fingerprint density at radius 2 is 1.86 bits per heavy atom. The van der Waals surface area contributed by atoms with E-state index in [-0.39, 0.29) is 11.1 Å². The summed E-state index contributed by atoms with van der Waals surface area (Å²) in [6.07, 6.45) is 5.98. The maximum absolute atomic E-state index is 5.95. The van der Waals surface area contributed by atoms with Crippen LogP contribution in [0.15, 0.2) is 6.20 Å². The van der Waals surface area contributed by atoms with E-state index in [4.69, 9.17) is 9.47 Å². The summed E-state index contributed by atoms with van der Waals surface area (Å²) in [6.45, 7) is 15.0. The predicted octanol–water partition coefficient (Wildman–Crippen LogP) is 3.58. The zero-order chi connectivity index (χ0) is 16.6. The molecule has 0 saturated carbocycles. The first kappa shape index (κ1) is 19.1. The van der Waals surface area contributed by atoms with Crippen LogP contribution < -0.4 is 0 Å². The van der Waals surface area contributed by atoms with Crippen molar-refractivity contribution in [2.24, 2.45) is 0 Å². The van der Waals surface area contributed by atoms with Gasteiger partial charge in [0.1, 0.15) is 0 Å². The molecule has 0 amide bonds. The fourth-order valence-electron chi connectivity index (χ4n) is 2.24. The second-order valence-corrected chi connectivity index (χ2v) is 7.05. The molecule has 0 bridgehead atoms. The van der Waals surface area contributed by atoms with Crippen LogP contribution in [0.25, 0.3) is 0 Å². The van der Waals surface area contributed by atoms with Gasteiger partial charge in [-0.3, -0.25) is 0 Å². The van der Waals surface area contributed by atoms with Gasteiger partial charge in [0.2, 0.25) is 0 Å². The molecule has 22 heavy (non-hydrogen) atoms. The summed E-state index contributed by atoms with van der Waals surface area (Å²) in [5, 5.41) is 8.62. The number of hydrogen-bond acceptors (Lipinski definition) is 4. The summed E-state index contributed by atoms with van der Waals surface area (Å²) in [5.74, 6) is 0. The molecule has 0 radical (unpaired) electrons. The van der Waals surface area contributed by atoms with Crippen molar-refractivity contribution in [1.29, 1.82) is 0 Å². The number of hydrogen-bond donors (Lipinski definition) is 0. The first-order chi connectivity index (χ1) is 10.3. The van der Waals surface area contributed by atoms with Crippen LogP contribution in [0.5, 0.6) is 0 Å². The third kappa shape index (κ3) is 6.44. The summed E-state index contributed by atoms with van der Waals surface area (Å²) in [5.41, 5.74) is 0.685. The number of ether oxygens (including phenoxy) is 2. The van der Waals surface area contributed by atoms with Gasteiger partial charge >= 0.3 is 0 Å². The average Bonchev–Trinajstić information content (AvgIpc) is 2.87. The Labute approximate surface area is 135 Å². The van der Waals surface area contributed by atoms with Crippen LogP contribution in [-0.2, 0) is 21.4 Å². The van der Waals surface area contributed by atoms with E-state index in [1.54, 1.807) is 0 Å². The zero-order valence-corrected chi connectivity index (χ0v) is 15.2. The SMILES string of the molecule is CCCCOC(C)(C)Cc1cn(C(C)(C)CCOCC)nn1. The summed E-state index contributed by atoms with van der Waals surface area (Å²) >= 11 is 0. The molecule has 0 aliphatic carbocycles. The highest BCUT2D eigenvalue weighted by Crippen LogP contribution is 2.21. The fourth-order valence-corrected chi connectivity index (χ4v) is 2.24. The highest BCUT2D eigenvalue weighted by atomic mass is 16.5. The maximum atomic E-state index is 5.95. The first-order valence-electron chi connectivity index (χ1n) is 8.44. The van der Waals surface area contributed by atoms with Crippen LogP contribution >= 0.6 is 0 Å². The van der Waals surface area contributed by atoms with Crippen LogP contribution in [-0.4, -0.2) is 40.4 Å². The van der Waals surface area contributed by atoms with Gasteiger partial charge in [-0.25, -0.2) is 4.68 Å². The normalized spacial score (nSPS) is 12.8. The van der Waals surface area contributed by atoms with Gasteiger partial charge < -0.3 is 9.47 Å². The molecule has 5 heteroatoms. The largest absolute Gasteiger partial charge is 0.382 e. The minimum Gasteiger partial charge on any atom is -0.382 e. The topological polar surface area (TPSA) is 49.2 Å². The third-order valence-electron chi connectivity index (χ3n) is 3.82. The molecule has 5 nitrogen and oxygen atoms in total. The molecule has 0 spiro atoms. The molecule has 0 N–H and O–H groups in total. The fraction of sp³-hybridized carbons (Fsp3) is 0.882. The molecule has 1 aromatic rings. The van der Waals surface area contributed by atoms with E-state index in [0.29, 0.717) is 0 Å². The lowest BCUT2D eigenvalue weighted by Gasteiger charge is -2.25. The molecule has 128 valence electrons. The summed E-state index contributed by atoms with van der Waals surface area (Å²) in [6, 6.07) is 0. The molecule has 0 unspecified atom stereocenters. The van der Waals surface area contributed by atoms with Gasteiger partial charge in [0, 0.05) is 32.4 Å². The lowest BCUT2D eigenvalue weighted by molar-refractivity contribution is -0.0188. The number of nitrogens with zero attached hydrogens (tertiary/aromatic N) is 3. The predicted molar refractivity (Wildman–Crippen MR) is 89.1 cm³/mol. The molecular weight excluding hydrogens is 278 g/mol. The van der Waals surface area contributed by atoms with Crippen molar-refractivity contribution in [2.75, 3.05) is 19.8 Å². The van der Waals surface area contributed by atoms with Gasteiger partial charge in [-0.05, 0) is 47.5 Å². The van der Waals surface area contributed by atoms with Crippen molar-refractivity contribution in [3.63, 3.8) is 0 Å². The summed E-state index contributed by atoms with van der Waals surface area (Å²) < 4.78 is 13.4. The number of aromatic nitrogens is 3. The van der Waals surface area contributed by atoms with Gasteiger partial charge in [-0.2, -0.15) is 0 Å². The lowest BCUT2D eigenvalue weighted by atomic mass is 10.0. The van der Waals surface area contributed by atoms with Crippen molar-refractivity contribution >= 4 is 0 Å². The molecular formula is C17H33N3O2. The molecule has 0 fully saturated rings. The Morgan fingerprint density at radius 3 is 2.50 bits per heavy atom. The molecule has 1 rings (SSSR count). The molecule has 0 aromatic carbocycles. The third-order valence-corrected chi connectivity index (χ3v) is 3.82. The minimum atomic E-state index is -0.203. The monoisotopic (exact) mass is 311 g/mol. The van der Waals surface area contributed by atoms with Gasteiger partial charge in [0.25, 0.3) is 0 Å². The van der Waals surface area contributed by atoms with E-state index in [0.717, 1.165) is 51.2 Å². The summed E-state index contributed by atoms with van der Waals surface area (Å²) in [7, 11) is 0. The van der Waals surface area contributed by atoms with E-state index in [1.165, 1.54) is 0 Å². The van der Waals surface area contributed by atoms with E-state index in [9.17, 15) is 0 Å². The van der Waals surface area contributed by atoms with Crippen molar-refractivity contribution < 1.29 is 9.47 Å². The van der Waals surface area contributed by atoms with Gasteiger partial charge in [-0.1, -0.05) is 18.6 Å². The second kappa shape index (κ2) is 8.63. The van der Waals surface area contributed by atoms with Crippen molar-refractivity contribution in [3.8, 4) is 0 Å². The van der Waals surface area contributed by atoms with Crippen LogP contribution in [0.3, 0.4) is 0 Å². The minimum absolute atomic E-state index is 0.0897. The average molecular weight is 311 g/mol. The van der Waals surface area contributed by atoms with Crippen LogP contribution in [0, 0.1) is 0 Å². The lowest BCUT2D eigenvalue weighted by Crippen LogP contribution is -2.29. The number of rotatable bonds is 11. The molecule has 1 aromatic heterocycles. The first-order valence-corrected chi connectivity index (χ1v) is 8.44. The Bertz CT molecular complexity index is 427. The molecule has 0 saturated heterocycles. The van der Waals surface area contributed by atoms with Crippen molar-refractivity contribution in [3.05, 3.63) is 11.9 Å². The second-order valence-electron chi connectivity index (χ2n) is 7.05. The molecule has 1 heterocycles. The van der Waals surface area contributed by atoms with E-state index >= 15 is 0 Å². The zero-order valence-electron chi connectivity index (χ0n) is 15.2. The van der Waals surface area contributed by atoms with Gasteiger partial charge in [0.05, 0.1) is 16.8 Å². The molecule has 0 aliphatic rings. The maximum Gasteiger partial charge on any atom is 0.0855 e. The number of unbranched alkanes of at least 4 members (excludes halogenated alkanes) is 1. The Hall–Kier alpha value is -0.940. The van der Waals surface area contributed by atoms with Gasteiger partial charge in [-0.15, -0.1) is 5.10 Å². The van der Waals surface area contributed by atoms with Gasteiger partial charge in [0.15, 0.2) is 0 Å². The Morgan fingerprint density at radius 1 is 1.14 bits per heavy atom. The highest BCUT2D eigenvalue weighted by Gasteiger charge is 2.25. The Kier molecular flexibility index (Phi) is 7.49. The smallest absolute Gasteiger partial charge is 0.0855 e. The molecule has 0 atom stereocenters. The van der Waals surface area contributed by atoms with E-state index in [1.807, 2.05) is 17.8 Å². The van der Waals surface area contributed by atoms with Crippen LogP contribution in [0.4, 0.5) is 0 Å². The quantitative estimate of drug-likeness (QED) is 0.586.